The summed E-state index contributed by atoms with van der Waals surface area (Å²) >= 11 is 1.68. The van der Waals surface area contributed by atoms with Gasteiger partial charge in [0, 0.05) is 16.8 Å². The summed E-state index contributed by atoms with van der Waals surface area (Å²) in [6.07, 6.45) is 6.40. The molecule has 4 heteroatoms. The number of fused-ring (bicyclic) bond motifs is 1. The van der Waals surface area contributed by atoms with E-state index >= 15 is 0 Å². The van der Waals surface area contributed by atoms with E-state index in [1.807, 2.05) is 5.38 Å². The lowest BCUT2D eigenvalue weighted by molar-refractivity contribution is 0.565. The second-order valence-electron chi connectivity index (χ2n) is 3.36. The van der Waals surface area contributed by atoms with Crippen LogP contribution in [0.2, 0.25) is 0 Å². The maximum atomic E-state index is 10.2. The Kier molecular flexibility index (Phi) is 2.96. The smallest absolute Gasteiger partial charge is 0.240 e. The minimum atomic E-state index is 0.752. The normalized spacial score (nSPS) is 15.7. The minimum absolute atomic E-state index is 0.752. The van der Waals surface area contributed by atoms with E-state index in [2.05, 4.69) is 10.3 Å². The molecule has 0 atom stereocenters. The Bertz CT molecular complexity index is 366. The average molecular weight is 208 g/mol. The number of aryl methyl sites for hydroxylation is 1. The van der Waals surface area contributed by atoms with Crippen molar-refractivity contribution < 1.29 is 4.79 Å². The zero-order valence-electron chi connectivity index (χ0n) is 7.88. The summed E-state index contributed by atoms with van der Waals surface area (Å²) in [5, 5.41) is 5.26. The van der Waals surface area contributed by atoms with Crippen molar-refractivity contribution >= 4 is 28.8 Å². The van der Waals surface area contributed by atoms with Crippen LogP contribution in [0.15, 0.2) is 10.4 Å². The predicted octanol–water partition coefficient (Wildman–Crippen LogP) is 2.85. The number of anilines is 1. The van der Waals surface area contributed by atoms with Crippen LogP contribution < -0.4 is 5.32 Å². The number of nitrogens with zero attached hydrogens (tertiary/aromatic N) is 1. The van der Waals surface area contributed by atoms with Gasteiger partial charge in [-0.3, -0.25) is 0 Å². The van der Waals surface area contributed by atoms with Gasteiger partial charge >= 0.3 is 0 Å². The second kappa shape index (κ2) is 4.40. The van der Waals surface area contributed by atoms with Gasteiger partial charge in [-0.15, -0.1) is 11.3 Å². The standard InChI is InChI=1S/C10H12N2OS/c13-7-12-8-6-14-9-4-2-1-3-5-11-10(8)9/h6,11H,1-5H2. The molecule has 3 nitrogen and oxygen atoms in total. The highest BCUT2D eigenvalue weighted by molar-refractivity contribution is 7.11. The van der Waals surface area contributed by atoms with Gasteiger partial charge in [0.05, 0.1) is 5.69 Å². The Labute approximate surface area is 86.9 Å². The number of thiophene rings is 1. The third-order valence-electron chi connectivity index (χ3n) is 2.40. The van der Waals surface area contributed by atoms with Gasteiger partial charge in [0.15, 0.2) is 0 Å². The van der Waals surface area contributed by atoms with Crippen LogP contribution in [0, 0.1) is 0 Å². The van der Waals surface area contributed by atoms with Gasteiger partial charge < -0.3 is 5.32 Å². The lowest BCUT2D eigenvalue weighted by atomic mass is 10.1. The average Bonchev–Trinajstić information content (AvgIpc) is 2.48. The molecule has 2 heterocycles. The van der Waals surface area contributed by atoms with Gasteiger partial charge in [-0.2, -0.15) is 4.99 Å². The van der Waals surface area contributed by atoms with Crippen molar-refractivity contribution in [3.63, 3.8) is 0 Å². The maximum absolute atomic E-state index is 10.2. The number of carbonyl (C=O) groups excluding carboxylic acids is 1. The minimum Gasteiger partial charge on any atom is -0.382 e. The highest BCUT2D eigenvalue weighted by atomic mass is 32.1. The van der Waals surface area contributed by atoms with E-state index in [0.29, 0.717) is 0 Å². The molecule has 74 valence electrons. The van der Waals surface area contributed by atoms with Crippen LogP contribution in [0.1, 0.15) is 24.1 Å². The molecule has 1 aromatic rings. The zero-order valence-corrected chi connectivity index (χ0v) is 8.69. The Hall–Kier alpha value is -1.12. The topological polar surface area (TPSA) is 41.5 Å². The lowest BCUT2D eigenvalue weighted by Gasteiger charge is -2.11. The fraction of sp³-hybridized carbons (Fsp3) is 0.500. The third kappa shape index (κ3) is 1.86. The molecule has 0 saturated heterocycles. The molecule has 2 rings (SSSR count). The van der Waals surface area contributed by atoms with Gasteiger partial charge in [0.2, 0.25) is 6.08 Å². The van der Waals surface area contributed by atoms with Gasteiger partial charge in [0.25, 0.3) is 0 Å². The molecule has 0 saturated carbocycles. The Morgan fingerprint density at radius 3 is 3.21 bits per heavy atom. The van der Waals surface area contributed by atoms with Crippen LogP contribution in [0.5, 0.6) is 0 Å². The summed E-state index contributed by atoms with van der Waals surface area (Å²) in [5.74, 6) is 0. The van der Waals surface area contributed by atoms with Crippen LogP contribution in [-0.4, -0.2) is 12.6 Å². The Balaban J connectivity index is 2.32. The van der Waals surface area contributed by atoms with Crippen molar-refractivity contribution in [2.75, 3.05) is 11.9 Å². The molecule has 14 heavy (non-hydrogen) atoms. The van der Waals surface area contributed by atoms with Crippen molar-refractivity contribution in [1.29, 1.82) is 0 Å². The molecule has 0 aromatic carbocycles. The van der Waals surface area contributed by atoms with Crippen LogP contribution in [-0.2, 0) is 11.2 Å². The first-order chi connectivity index (χ1) is 6.92. The van der Waals surface area contributed by atoms with E-state index < -0.39 is 0 Å². The number of aliphatic imine (C=N–C) groups is 1. The Morgan fingerprint density at radius 2 is 2.36 bits per heavy atom. The predicted molar refractivity (Wildman–Crippen MR) is 58.1 cm³/mol. The molecule has 0 unspecified atom stereocenters. The summed E-state index contributed by atoms with van der Waals surface area (Å²) in [7, 11) is 0. The Morgan fingerprint density at radius 1 is 1.43 bits per heavy atom. The van der Waals surface area contributed by atoms with Crippen molar-refractivity contribution in [1.82, 2.24) is 0 Å². The monoisotopic (exact) mass is 208 g/mol. The van der Waals surface area contributed by atoms with Crippen LogP contribution >= 0.6 is 11.3 Å². The molecule has 0 amide bonds. The number of nitrogens with one attached hydrogen (secondary N) is 1. The lowest BCUT2D eigenvalue weighted by Crippen LogP contribution is -2.05. The molecule has 0 spiro atoms. The highest BCUT2D eigenvalue weighted by Crippen LogP contribution is 2.36. The number of rotatable bonds is 1. The van der Waals surface area contributed by atoms with Crippen LogP contribution in [0.25, 0.3) is 0 Å². The summed E-state index contributed by atoms with van der Waals surface area (Å²) in [6, 6.07) is 0. The molecular weight excluding hydrogens is 196 g/mol. The van der Waals surface area contributed by atoms with E-state index in [-0.39, 0.29) is 0 Å². The number of isocyanates is 1. The zero-order chi connectivity index (χ0) is 9.80. The van der Waals surface area contributed by atoms with Crippen molar-refractivity contribution in [3.05, 3.63) is 10.3 Å². The SMILES string of the molecule is O=C=Nc1csc2c1NCCCCC2. The third-order valence-corrected chi connectivity index (χ3v) is 3.43. The number of hydrogen-bond acceptors (Lipinski definition) is 4. The molecule has 0 aliphatic carbocycles. The number of hydrogen-bond donors (Lipinski definition) is 1. The van der Waals surface area contributed by atoms with E-state index in [0.717, 1.165) is 24.3 Å². The van der Waals surface area contributed by atoms with Crippen LogP contribution in [0.4, 0.5) is 11.4 Å². The summed E-state index contributed by atoms with van der Waals surface area (Å²) < 4.78 is 0. The first kappa shape index (κ1) is 9.44. The molecule has 0 radical (unpaired) electrons. The molecule has 0 bridgehead atoms. The maximum Gasteiger partial charge on any atom is 0.240 e. The van der Waals surface area contributed by atoms with Gasteiger partial charge in [-0.25, -0.2) is 4.79 Å². The van der Waals surface area contributed by atoms with Crippen molar-refractivity contribution in [3.8, 4) is 0 Å². The van der Waals surface area contributed by atoms with Crippen LogP contribution in [0.3, 0.4) is 0 Å². The molecule has 1 N–H and O–H groups in total. The van der Waals surface area contributed by atoms with E-state index in [4.69, 9.17) is 0 Å². The summed E-state index contributed by atoms with van der Waals surface area (Å²) in [5.41, 5.74) is 1.81. The molecule has 0 fully saturated rings. The van der Waals surface area contributed by atoms with Gasteiger partial charge in [-0.1, -0.05) is 6.42 Å². The van der Waals surface area contributed by atoms with Crippen molar-refractivity contribution in [2.24, 2.45) is 4.99 Å². The second-order valence-corrected chi connectivity index (χ2v) is 4.32. The van der Waals surface area contributed by atoms with Crippen molar-refractivity contribution in [2.45, 2.75) is 25.7 Å². The van der Waals surface area contributed by atoms with Gasteiger partial charge in [-0.05, 0) is 19.3 Å². The van der Waals surface area contributed by atoms with Gasteiger partial charge in [0.1, 0.15) is 5.69 Å². The van der Waals surface area contributed by atoms with E-state index in [1.165, 1.54) is 24.1 Å². The summed E-state index contributed by atoms with van der Waals surface area (Å²) in [6.45, 7) is 0.977. The fourth-order valence-electron chi connectivity index (χ4n) is 1.69. The molecule has 1 aliphatic heterocycles. The molecular formula is C10H12N2OS. The quantitative estimate of drug-likeness (QED) is 0.569. The first-order valence-corrected chi connectivity index (χ1v) is 5.72. The largest absolute Gasteiger partial charge is 0.382 e. The highest BCUT2D eigenvalue weighted by Gasteiger charge is 2.12. The first-order valence-electron chi connectivity index (χ1n) is 4.84. The molecule has 1 aliphatic rings. The summed E-state index contributed by atoms with van der Waals surface area (Å²) in [4.78, 5) is 15.2. The van der Waals surface area contributed by atoms with E-state index in [1.54, 1.807) is 17.4 Å². The fourth-order valence-corrected chi connectivity index (χ4v) is 2.67. The molecule has 1 aromatic heterocycles. The van der Waals surface area contributed by atoms with E-state index in [9.17, 15) is 4.79 Å².